The molecule has 0 aromatic heterocycles. The zero-order chi connectivity index (χ0) is 9.36. The highest BCUT2D eigenvalue weighted by molar-refractivity contribution is 4.66. The fourth-order valence-corrected chi connectivity index (χ4v) is 2.12. The van der Waals surface area contributed by atoms with Crippen LogP contribution in [0.2, 0.25) is 0 Å². The predicted octanol–water partition coefficient (Wildman–Crippen LogP) is 1.77. The van der Waals surface area contributed by atoms with Gasteiger partial charge in [-0.25, -0.2) is 0 Å². The molecule has 2 N–H and O–H groups in total. The van der Waals surface area contributed by atoms with Crippen molar-refractivity contribution in [2.45, 2.75) is 38.5 Å². The summed E-state index contributed by atoms with van der Waals surface area (Å²) in [6.45, 7) is 3.42. The van der Waals surface area contributed by atoms with Crippen LogP contribution in [0.15, 0.2) is 0 Å². The molecule has 0 amide bonds. The van der Waals surface area contributed by atoms with Crippen molar-refractivity contribution in [3.8, 4) is 0 Å². The van der Waals surface area contributed by atoms with Crippen LogP contribution < -0.4 is 10.6 Å². The molecule has 78 valence electrons. The maximum absolute atomic E-state index is 3.47. The molecule has 1 aliphatic carbocycles. The van der Waals surface area contributed by atoms with Gasteiger partial charge in [-0.2, -0.15) is 0 Å². The number of nitrogens with one attached hydrogen (secondary N) is 2. The van der Waals surface area contributed by atoms with Gasteiger partial charge in [0.25, 0.3) is 0 Å². The Morgan fingerprint density at radius 1 is 1.00 bits per heavy atom. The van der Waals surface area contributed by atoms with E-state index in [9.17, 15) is 0 Å². The minimum atomic E-state index is 1.02. The van der Waals surface area contributed by atoms with Gasteiger partial charge in [-0.3, -0.25) is 0 Å². The van der Waals surface area contributed by atoms with E-state index in [2.05, 4.69) is 10.6 Å². The van der Waals surface area contributed by atoms with Crippen molar-refractivity contribution in [2.24, 2.45) is 5.92 Å². The van der Waals surface area contributed by atoms with E-state index in [1.54, 1.807) is 0 Å². The van der Waals surface area contributed by atoms with Crippen LogP contribution in [0.3, 0.4) is 0 Å². The molecule has 2 heteroatoms. The quantitative estimate of drug-likeness (QED) is 0.615. The Kier molecular flexibility index (Phi) is 6.21. The Morgan fingerprint density at radius 3 is 2.46 bits per heavy atom. The second kappa shape index (κ2) is 7.34. The van der Waals surface area contributed by atoms with Gasteiger partial charge in [0.2, 0.25) is 0 Å². The molecule has 0 aromatic carbocycles. The summed E-state index contributed by atoms with van der Waals surface area (Å²) in [6, 6.07) is 0. The molecule has 0 saturated heterocycles. The smallest absolute Gasteiger partial charge is 0.00766 e. The van der Waals surface area contributed by atoms with Gasteiger partial charge in [0.15, 0.2) is 0 Å². The summed E-state index contributed by atoms with van der Waals surface area (Å²) in [5.41, 5.74) is 0. The zero-order valence-corrected chi connectivity index (χ0v) is 8.94. The summed E-state index contributed by atoms with van der Waals surface area (Å²) < 4.78 is 0. The van der Waals surface area contributed by atoms with E-state index in [4.69, 9.17) is 0 Å². The fraction of sp³-hybridized carbons (Fsp3) is 1.00. The van der Waals surface area contributed by atoms with Crippen LogP contribution in [-0.4, -0.2) is 26.7 Å². The number of likely N-dealkylation sites (N-methyl/N-ethyl adjacent to an activating group) is 1. The molecule has 0 radical (unpaired) electrons. The third-order valence-corrected chi connectivity index (χ3v) is 3.01. The van der Waals surface area contributed by atoms with Crippen LogP contribution >= 0.6 is 0 Å². The molecule has 1 rings (SSSR count). The Hall–Kier alpha value is -0.0800. The van der Waals surface area contributed by atoms with Crippen molar-refractivity contribution in [3.63, 3.8) is 0 Å². The fourth-order valence-electron chi connectivity index (χ4n) is 2.12. The molecule has 0 aromatic rings. The van der Waals surface area contributed by atoms with Crippen molar-refractivity contribution in [1.82, 2.24) is 10.6 Å². The molecule has 1 fully saturated rings. The minimum absolute atomic E-state index is 1.02. The minimum Gasteiger partial charge on any atom is -0.318 e. The van der Waals surface area contributed by atoms with E-state index in [0.717, 1.165) is 19.0 Å². The second-order valence-corrected chi connectivity index (χ2v) is 4.15. The first-order chi connectivity index (χ1) is 6.43. The third kappa shape index (κ3) is 5.27. The molecule has 0 unspecified atom stereocenters. The summed E-state index contributed by atoms with van der Waals surface area (Å²) in [5, 5.41) is 6.61. The van der Waals surface area contributed by atoms with Gasteiger partial charge in [0.1, 0.15) is 0 Å². The second-order valence-electron chi connectivity index (χ2n) is 4.15. The standard InChI is InChI=1S/C11H24N2/c1-12-9-10-13-8-7-11-5-3-2-4-6-11/h11-13H,2-10H2,1H3. The van der Waals surface area contributed by atoms with Crippen molar-refractivity contribution < 1.29 is 0 Å². The van der Waals surface area contributed by atoms with Crippen LogP contribution in [0.25, 0.3) is 0 Å². The van der Waals surface area contributed by atoms with E-state index in [1.165, 1.54) is 45.1 Å². The lowest BCUT2D eigenvalue weighted by Gasteiger charge is -2.21. The summed E-state index contributed by atoms with van der Waals surface area (Å²) in [5.74, 6) is 1.02. The van der Waals surface area contributed by atoms with Gasteiger partial charge in [-0.15, -0.1) is 0 Å². The molecule has 1 aliphatic rings. The number of rotatable bonds is 6. The molecule has 0 aliphatic heterocycles. The Labute approximate surface area is 82.5 Å². The van der Waals surface area contributed by atoms with Crippen LogP contribution in [0.4, 0.5) is 0 Å². The van der Waals surface area contributed by atoms with Crippen molar-refractivity contribution in [2.75, 3.05) is 26.7 Å². The van der Waals surface area contributed by atoms with Crippen LogP contribution in [0.5, 0.6) is 0 Å². The van der Waals surface area contributed by atoms with E-state index >= 15 is 0 Å². The lowest BCUT2D eigenvalue weighted by atomic mass is 9.87. The highest BCUT2D eigenvalue weighted by Crippen LogP contribution is 2.25. The SMILES string of the molecule is CNCCNCCC1CCCCC1. The molecule has 2 nitrogen and oxygen atoms in total. The van der Waals surface area contributed by atoms with Gasteiger partial charge in [0.05, 0.1) is 0 Å². The van der Waals surface area contributed by atoms with Crippen LogP contribution in [0.1, 0.15) is 38.5 Å². The first kappa shape index (κ1) is 11.0. The van der Waals surface area contributed by atoms with Gasteiger partial charge in [-0.1, -0.05) is 32.1 Å². The average molecular weight is 184 g/mol. The summed E-state index contributed by atoms with van der Waals surface area (Å²) in [7, 11) is 2.00. The summed E-state index contributed by atoms with van der Waals surface area (Å²) in [6.07, 6.45) is 8.77. The number of hydrogen-bond acceptors (Lipinski definition) is 2. The van der Waals surface area contributed by atoms with E-state index in [-0.39, 0.29) is 0 Å². The monoisotopic (exact) mass is 184 g/mol. The van der Waals surface area contributed by atoms with E-state index in [1.807, 2.05) is 7.05 Å². The molecule has 1 saturated carbocycles. The topological polar surface area (TPSA) is 24.1 Å². The zero-order valence-electron chi connectivity index (χ0n) is 8.94. The first-order valence-electron chi connectivity index (χ1n) is 5.79. The summed E-state index contributed by atoms with van der Waals surface area (Å²) in [4.78, 5) is 0. The molecular weight excluding hydrogens is 160 g/mol. The lowest BCUT2D eigenvalue weighted by molar-refractivity contribution is 0.334. The molecule has 13 heavy (non-hydrogen) atoms. The first-order valence-corrected chi connectivity index (χ1v) is 5.79. The predicted molar refractivity (Wildman–Crippen MR) is 58.0 cm³/mol. The van der Waals surface area contributed by atoms with Crippen molar-refractivity contribution in [1.29, 1.82) is 0 Å². The summed E-state index contributed by atoms with van der Waals surface area (Å²) >= 11 is 0. The maximum atomic E-state index is 3.47. The van der Waals surface area contributed by atoms with Gasteiger partial charge in [0, 0.05) is 13.1 Å². The molecular formula is C11H24N2. The van der Waals surface area contributed by atoms with Crippen LogP contribution in [0, 0.1) is 5.92 Å². The maximum Gasteiger partial charge on any atom is 0.00766 e. The number of hydrogen-bond donors (Lipinski definition) is 2. The lowest BCUT2D eigenvalue weighted by Crippen LogP contribution is -2.27. The van der Waals surface area contributed by atoms with Gasteiger partial charge in [-0.05, 0) is 25.9 Å². The van der Waals surface area contributed by atoms with E-state index < -0.39 is 0 Å². The molecule has 0 spiro atoms. The largest absolute Gasteiger partial charge is 0.318 e. The normalized spacial score (nSPS) is 19.2. The third-order valence-electron chi connectivity index (χ3n) is 3.01. The Morgan fingerprint density at radius 2 is 1.77 bits per heavy atom. The van der Waals surface area contributed by atoms with E-state index in [0.29, 0.717) is 0 Å². The highest BCUT2D eigenvalue weighted by Gasteiger charge is 2.11. The Balaban J connectivity index is 1.86. The van der Waals surface area contributed by atoms with Crippen LogP contribution in [-0.2, 0) is 0 Å². The molecule has 0 heterocycles. The van der Waals surface area contributed by atoms with Gasteiger partial charge < -0.3 is 10.6 Å². The molecule has 0 atom stereocenters. The average Bonchev–Trinajstić information content (AvgIpc) is 2.19. The van der Waals surface area contributed by atoms with Crippen molar-refractivity contribution in [3.05, 3.63) is 0 Å². The molecule has 0 bridgehead atoms. The van der Waals surface area contributed by atoms with Gasteiger partial charge >= 0.3 is 0 Å². The van der Waals surface area contributed by atoms with Crippen molar-refractivity contribution >= 4 is 0 Å². The highest BCUT2D eigenvalue weighted by atomic mass is 14.9. The Bertz CT molecular complexity index is 109.